The predicted octanol–water partition coefficient (Wildman–Crippen LogP) is 1.92. The van der Waals surface area contributed by atoms with Crippen molar-refractivity contribution < 1.29 is 5.11 Å². The first-order valence-electron chi connectivity index (χ1n) is 6.42. The summed E-state index contributed by atoms with van der Waals surface area (Å²) in [5.41, 5.74) is 8.29. The fourth-order valence-corrected chi connectivity index (χ4v) is 2.36. The molecule has 94 valence electrons. The van der Waals surface area contributed by atoms with E-state index in [1.165, 1.54) is 11.3 Å². The maximum atomic E-state index is 9.11. The van der Waals surface area contributed by atoms with E-state index in [0.29, 0.717) is 12.5 Å². The molecule has 2 rings (SSSR count). The molecule has 3 N–H and O–H groups in total. The monoisotopic (exact) mass is 234 g/mol. The molecule has 1 fully saturated rings. The maximum Gasteiger partial charge on any atom is 0.0460 e. The number of hydrogen-bond acceptors (Lipinski definition) is 3. The highest BCUT2D eigenvalue weighted by atomic mass is 16.3. The Balaban J connectivity index is 1.99. The smallest absolute Gasteiger partial charge is 0.0460 e. The number of aliphatic hydroxyl groups excluding tert-OH is 1. The summed E-state index contributed by atoms with van der Waals surface area (Å²) in [6.07, 6.45) is 2.18. The van der Waals surface area contributed by atoms with Crippen LogP contribution in [0.3, 0.4) is 0 Å². The number of nitrogens with two attached hydrogens (primary N) is 1. The predicted molar refractivity (Wildman–Crippen MR) is 71.1 cm³/mol. The standard InChI is InChI=1S/C14H22N2O/c1-11(15)13-2-4-14(5-3-13)16-8-6-12(10-17)7-9-16/h2-5,11-12,17H,6-10,15H2,1H3/t11-/m1/s1. The largest absolute Gasteiger partial charge is 0.396 e. The lowest BCUT2D eigenvalue weighted by atomic mass is 9.97. The van der Waals surface area contributed by atoms with E-state index in [1.807, 2.05) is 6.92 Å². The number of nitrogens with zero attached hydrogens (tertiary/aromatic N) is 1. The molecule has 0 unspecified atom stereocenters. The van der Waals surface area contributed by atoms with Crippen molar-refractivity contribution in [1.82, 2.24) is 0 Å². The second-order valence-electron chi connectivity index (χ2n) is 4.99. The lowest BCUT2D eigenvalue weighted by Crippen LogP contribution is -2.34. The summed E-state index contributed by atoms with van der Waals surface area (Å²) in [6.45, 7) is 4.42. The maximum absolute atomic E-state index is 9.11. The highest BCUT2D eigenvalue weighted by molar-refractivity contribution is 5.48. The second kappa shape index (κ2) is 5.52. The van der Waals surface area contributed by atoms with Crippen LogP contribution in [0.15, 0.2) is 24.3 Å². The summed E-state index contributed by atoms with van der Waals surface area (Å²) in [4.78, 5) is 2.39. The second-order valence-corrected chi connectivity index (χ2v) is 4.99. The summed E-state index contributed by atoms with van der Waals surface area (Å²) < 4.78 is 0. The highest BCUT2D eigenvalue weighted by Crippen LogP contribution is 2.24. The summed E-state index contributed by atoms with van der Waals surface area (Å²) >= 11 is 0. The van der Waals surface area contributed by atoms with Crippen molar-refractivity contribution >= 4 is 5.69 Å². The molecule has 0 aliphatic carbocycles. The highest BCUT2D eigenvalue weighted by Gasteiger charge is 2.18. The van der Waals surface area contributed by atoms with E-state index < -0.39 is 0 Å². The number of anilines is 1. The van der Waals surface area contributed by atoms with E-state index >= 15 is 0 Å². The van der Waals surface area contributed by atoms with Crippen molar-refractivity contribution in [1.29, 1.82) is 0 Å². The summed E-state index contributed by atoms with van der Waals surface area (Å²) in [6, 6.07) is 8.62. The minimum atomic E-state index is 0.101. The molecule has 1 heterocycles. The molecule has 0 spiro atoms. The Morgan fingerprint density at radius 3 is 2.35 bits per heavy atom. The third kappa shape index (κ3) is 2.99. The summed E-state index contributed by atoms with van der Waals surface area (Å²) in [5.74, 6) is 0.495. The van der Waals surface area contributed by atoms with Crippen molar-refractivity contribution in [2.45, 2.75) is 25.8 Å². The van der Waals surface area contributed by atoms with Crippen LogP contribution in [0.5, 0.6) is 0 Å². The summed E-state index contributed by atoms with van der Waals surface area (Å²) in [7, 11) is 0. The molecule has 1 aliphatic heterocycles. The van der Waals surface area contributed by atoms with E-state index in [9.17, 15) is 0 Å². The molecule has 1 aromatic rings. The van der Waals surface area contributed by atoms with Crippen LogP contribution in [0.2, 0.25) is 0 Å². The van der Waals surface area contributed by atoms with Gasteiger partial charge in [0.2, 0.25) is 0 Å². The van der Waals surface area contributed by atoms with Crippen LogP contribution >= 0.6 is 0 Å². The first-order valence-corrected chi connectivity index (χ1v) is 6.42. The minimum absolute atomic E-state index is 0.101. The van der Waals surface area contributed by atoms with Crippen molar-refractivity contribution in [3.05, 3.63) is 29.8 Å². The van der Waals surface area contributed by atoms with E-state index in [4.69, 9.17) is 10.8 Å². The molecule has 0 bridgehead atoms. The van der Waals surface area contributed by atoms with Gasteiger partial charge in [-0.2, -0.15) is 0 Å². The normalized spacial score (nSPS) is 19.4. The van der Waals surface area contributed by atoms with Crippen LogP contribution < -0.4 is 10.6 Å². The molecular weight excluding hydrogens is 212 g/mol. The van der Waals surface area contributed by atoms with Gasteiger partial charge in [-0.05, 0) is 43.4 Å². The van der Waals surface area contributed by atoms with E-state index in [0.717, 1.165) is 25.9 Å². The van der Waals surface area contributed by atoms with Crippen LogP contribution in [-0.4, -0.2) is 24.8 Å². The fraction of sp³-hybridized carbons (Fsp3) is 0.571. The summed E-state index contributed by atoms with van der Waals surface area (Å²) in [5, 5.41) is 9.11. The molecule has 3 heteroatoms. The zero-order chi connectivity index (χ0) is 12.3. The Kier molecular flexibility index (Phi) is 4.02. The fourth-order valence-electron chi connectivity index (χ4n) is 2.36. The molecule has 0 amide bonds. The zero-order valence-electron chi connectivity index (χ0n) is 10.5. The molecule has 0 saturated carbocycles. The van der Waals surface area contributed by atoms with Gasteiger partial charge >= 0.3 is 0 Å². The third-order valence-electron chi connectivity index (χ3n) is 3.66. The Morgan fingerprint density at radius 1 is 1.29 bits per heavy atom. The van der Waals surface area contributed by atoms with Crippen molar-refractivity contribution in [2.75, 3.05) is 24.6 Å². The number of rotatable bonds is 3. The molecule has 17 heavy (non-hydrogen) atoms. The van der Waals surface area contributed by atoms with Gasteiger partial charge in [-0.3, -0.25) is 0 Å². The molecule has 1 atom stereocenters. The van der Waals surface area contributed by atoms with E-state index in [1.54, 1.807) is 0 Å². The number of benzene rings is 1. The van der Waals surface area contributed by atoms with E-state index in [2.05, 4.69) is 29.2 Å². The van der Waals surface area contributed by atoms with Gasteiger partial charge in [-0.15, -0.1) is 0 Å². The topological polar surface area (TPSA) is 49.5 Å². The lowest BCUT2D eigenvalue weighted by molar-refractivity contribution is 0.203. The van der Waals surface area contributed by atoms with Crippen LogP contribution in [0.1, 0.15) is 31.4 Å². The van der Waals surface area contributed by atoms with Gasteiger partial charge in [0.25, 0.3) is 0 Å². The molecule has 0 radical (unpaired) electrons. The van der Waals surface area contributed by atoms with Crippen LogP contribution in [0, 0.1) is 5.92 Å². The number of piperidine rings is 1. The third-order valence-corrected chi connectivity index (χ3v) is 3.66. The quantitative estimate of drug-likeness (QED) is 0.840. The van der Waals surface area contributed by atoms with Crippen molar-refractivity contribution in [3.63, 3.8) is 0 Å². The zero-order valence-corrected chi connectivity index (χ0v) is 10.5. The average molecular weight is 234 g/mol. The Morgan fingerprint density at radius 2 is 1.88 bits per heavy atom. The van der Waals surface area contributed by atoms with Gasteiger partial charge in [0.15, 0.2) is 0 Å². The van der Waals surface area contributed by atoms with E-state index in [-0.39, 0.29) is 6.04 Å². The van der Waals surface area contributed by atoms with Gasteiger partial charge in [0.1, 0.15) is 0 Å². The van der Waals surface area contributed by atoms with Crippen LogP contribution in [-0.2, 0) is 0 Å². The Bertz CT molecular complexity index is 340. The van der Waals surface area contributed by atoms with Gasteiger partial charge in [-0.25, -0.2) is 0 Å². The van der Waals surface area contributed by atoms with Crippen LogP contribution in [0.25, 0.3) is 0 Å². The molecule has 3 nitrogen and oxygen atoms in total. The first kappa shape index (κ1) is 12.4. The first-order chi connectivity index (χ1) is 8.20. The van der Waals surface area contributed by atoms with Crippen molar-refractivity contribution in [2.24, 2.45) is 11.7 Å². The van der Waals surface area contributed by atoms with Gasteiger partial charge < -0.3 is 15.7 Å². The lowest BCUT2D eigenvalue weighted by Gasteiger charge is -2.33. The Hall–Kier alpha value is -1.06. The van der Waals surface area contributed by atoms with Gasteiger partial charge in [0, 0.05) is 31.4 Å². The molecular formula is C14H22N2O. The molecule has 0 aromatic heterocycles. The molecule has 1 aromatic carbocycles. The number of hydrogen-bond donors (Lipinski definition) is 2. The minimum Gasteiger partial charge on any atom is -0.396 e. The van der Waals surface area contributed by atoms with Gasteiger partial charge in [-0.1, -0.05) is 12.1 Å². The average Bonchev–Trinajstić information content (AvgIpc) is 2.39. The number of aliphatic hydroxyl groups is 1. The SMILES string of the molecule is C[C@@H](N)c1ccc(N2CCC(CO)CC2)cc1. The van der Waals surface area contributed by atoms with Crippen molar-refractivity contribution in [3.8, 4) is 0 Å². The molecule has 1 saturated heterocycles. The molecule has 1 aliphatic rings. The van der Waals surface area contributed by atoms with Gasteiger partial charge in [0.05, 0.1) is 0 Å². The van der Waals surface area contributed by atoms with Crippen LogP contribution in [0.4, 0.5) is 5.69 Å². The Labute approximate surface area is 103 Å².